The number of hydrogen-bond donors (Lipinski definition) is 2. The minimum atomic E-state index is -4.06. The van der Waals surface area contributed by atoms with Crippen LogP contribution in [0.2, 0.25) is 0 Å². The van der Waals surface area contributed by atoms with Gasteiger partial charge in [0.1, 0.15) is 11.8 Å². The number of anilines is 1. The molecule has 3 aromatic carbocycles. The SMILES string of the molecule is COC(=O)C(CC#Cc1ccccc1)NS(=O)(=O)c1ccc(NC(=O)c2ccc(OC)cc2)cc1. The summed E-state index contributed by atoms with van der Waals surface area (Å²) in [6.07, 6.45) is -0.0726. The van der Waals surface area contributed by atoms with Crippen LogP contribution in [-0.4, -0.2) is 40.6 Å². The van der Waals surface area contributed by atoms with Crippen LogP contribution in [0.3, 0.4) is 0 Å². The van der Waals surface area contributed by atoms with Crippen molar-refractivity contribution in [3.05, 3.63) is 90.0 Å². The summed E-state index contributed by atoms with van der Waals surface area (Å²) in [7, 11) is -1.35. The van der Waals surface area contributed by atoms with E-state index in [1.165, 1.54) is 38.5 Å². The quantitative estimate of drug-likeness (QED) is 0.369. The standard InChI is InChI=1S/C26H24N2O6S/c1-33-22-15-11-20(12-16-22)25(29)27-21-13-17-23(18-14-21)35(31,32)28-24(26(30)34-2)10-6-9-19-7-4-3-5-8-19/h3-5,7-8,11-18,24,28H,10H2,1-2H3,(H,27,29). The number of benzene rings is 3. The van der Waals surface area contributed by atoms with Crippen LogP contribution in [-0.2, 0) is 19.6 Å². The minimum absolute atomic E-state index is 0.0726. The fourth-order valence-electron chi connectivity index (χ4n) is 3.01. The summed E-state index contributed by atoms with van der Waals surface area (Å²) in [5.74, 6) is 5.21. The summed E-state index contributed by atoms with van der Waals surface area (Å²) in [4.78, 5) is 24.5. The van der Waals surface area contributed by atoms with Gasteiger partial charge in [-0.15, -0.1) is 0 Å². The lowest BCUT2D eigenvalue weighted by Gasteiger charge is -2.15. The molecule has 9 heteroatoms. The summed E-state index contributed by atoms with van der Waals surface area (Å²) >= 11 is 0. The van der Waals surface area contributed by atoms with Crippen molar-refractivity contribution in [3.8, 4) is 17.6 Å². The molecule has 180 valence electrons. The Morgan fingerprint density at radius 1 is 0.914 bits per heavy atom. The third-order valence-corrected chi connectivity index (χ3v) is 6.36. The molecule has 0 spiro atoms. The zero-order valence-electron chi connectivity index (χ0n) is 19.1. The highest BCUT2D eigenvalue weighted by atomic mass is 32.2. The van der Waals surface area contributed by atoms with E-state index in [0.29, 0.717) is 17.0 Å². The van der Waals surface area contributed by atoms with E-state index >= 15 is 0 Å². The molecule has 0 aromatic heterocycles. The lowest BCUT2D eigenvalue weighted by Crippen LogP contribution is -2.41. The zero-order valence-corrected chi connectivity index (χ0v) is 20.0. The first-order chi connectivity index (χ1) is 16.8. The number of hydrogen-bond acceptors (Lipinski definition) is 6. The Morgan fingerprint density at radius 2 is 1.57 bits per heavy atom. The first-order valence-corrected chi connectivity index (χ1v) is 12.0. The maximum absolute atomic E-state index is 12.8. The Kier molecular flexibility index (Phi) is 8.62. The monoisotopic (exact) mass is 492 g/mol. The van der Waals surface area contributed by atoms with Crippen LogP contribution < -0.4 is 14.8 Å². The molecule has 0 heterocycles. The van der Waals surface area contributed by atoms with Crippen molar-refractivity contribution in [2.75, 3.05) is 19.5 Å². The molecule has 0 radical (unpaired) electrons. The van der Waals surface area contributed by atoms with Crippen molar-refractivity contribution in [2.24, 2.45) is 0 Å². The number of amides is 1. The Bertz CT molecular complexity index is 1330. The van der Waals surface area contributed by atoms with Gasteiger partial charge in [-0.1, -0.05) is 30.0 Å². The second kappa shape index (κ2) is 11.8. The Labute approximate surface area is 204 Å². The van der Waals surface area contributed by atoms with E-state index in [1.807, 2.05) is 18.2 Å². The van der Waals surface area contributed by atoms with Crippen LogP contribution in [0.1, 0.15) is 22.3 Å². The maximum atomic E-state index is 12.8. The Balaban J connectivity index is 1.68. The van der Waals surface area contributed by atoms with Crippen molar-refractivity contribution >= 4 is 27.6 Å². The molecule has 0 fully saturated rings. The van der Waals surface area contributed by atoms with Gasteiger partial charge in [-0.25, -0.2) is 8.42 Å². The molecule has 2 N–H and O–H groups in total. The van der Waals surface area contributed by atoms with E-state index in [2.05, 4.69) is 21.9 Å². The number of sulfonamides is 1. The Hall–Kier alpha value is -4.13. The zero-order chi connectivity index (χ0) is 25.3. The maximum Gasteiger partial charge on any atom is 0.324 e. The number of nitrogens with one attached hydrogen (secondary N) is 2. The molecule has 3 rings (SSSR count). The van der Waals surface area contributed by atoms with Crippen LogP contribution in [0.15, 0.2) is 83.8 Å². The topological polar surface area (TPSA) is 111 Å². The first kappa shape index (κ1) is 25.5. The molecule has 0 aliphatic rings. The van der Waals surface area contributed by atoms with Crippen LogP contribution >= 0.6 is 0 Å². The van der Waals surface area contributed by atoms with Crippen LogP contribution in [0.4, 0.5) is 5.69 Å². The molecule has 1 amide bonds. The van der Waals surface area contributed by atoms with Crippen molar-refractivity contribution in [3.63, 3.8) is 0 Å². The second-order valence-electron chi connectivity index (χ2n) is 7.28. The van der Waals surface area contributed by atoms with Gasteiger partial charge in [0.2, 0.25) is 10.0 Å². The van der Waals surface area contributed by atoms with E-state index in [4.69, 9.17) is 9.47 Å². The van der Waals surface area contributed by atoms with Gasteiger partial charge in [0.15, 0.2) is 0 Å². The minimum Gasteiger partial charge on any atom is -0.497 e. The smallest absolute Gasteiger partial charge is 0.324 e. The predicted octanol–water partition coefficient (Wildman–Crippen LogP) is 3.21. The fourth-order valence-corrected chi connectivity index (χ4v) is 4.20. The highest BCUT2D eigenvalue weighted by Crippen LogP contribution is 2.17. The Morgan fingerprint density at radius 3 is 2.17 bits per heavy atom. The highest BCUT2D eigenvalue weighted by Gasteiger charge is 2.26. The molecule has 3 aromatic rings. The van der Waals surface area contributed by atoms with Crippen LogP contribution in [0.5, 0.6) is 5.75 Å². The van der Waals surface area contributed by atoms with E-state index < -0.39 is 22.0 Å². The second-order valence-corrected chi connectivity index (χ2v) is 8.99. The van der Waals surface area contributed by atoms with Gasteiger partial charge in [-0.2, -0.15) is 4.72 Å². The van der Waals surface area contributed by atoms with Gasteiger partial charge < -0.3 is 14.8 Å². The van der Waals surface area contributed by atoms with Gasteiger partial charge in [-0.05, 0) is 60.7 Å². The summed E-state index contributed by atoms with van der Waals surface area (Å²) in [5.41, 5.74) is 1.57. The van der Waals surface area contributed by atoms with Crippen LogP contribution in [0, 0.1) is 11.8 Å². The number of carbonyl (C=O) groups excluding carboxylic acids is 2. The van der Waals surface area contributed by atoms with Crippen molar-refractivity contribution in [1.82, 2.24) is 4.72 Å². The number of carbonyl (C=O) groups is 2. The third kappa shape index (κ3) is 7.17. The average molecular weight is 493 g/mol. The molecule has 35 heavy (non-hydrogen) atoms. The number of rotatable bonds is 8. The number of methoxy groups -OCH3 is 2. The van der Waals surface area contributed by atoms with Gasteiger partial charge in [0.05, 0.1) is 19.1 Å². The molecule has 0 saturated carbocycles. The third-order valence-electron chi connectivity index (χ3n) is 4.87. The molecule has 0 saturated heterocycles. The lowest BCUT2D eigenvalue weighted by molar-refractivity contribution is -0.142. The summed E-state index contributed by atoms with van der Waals surface area (Å²) in [6, 6.07) is 20.1. The molecule has 0 aliphatic carbocycles. The van der Waals surface area contributed by atoms with Gasteiger partial charge in [0, 0.05) is 23.2 Å². The van der Waals surface area contributed by atoms with E-state index in [9.17, 15) is 18.0 Å². The lowest BCUT2D eigenvalue weighted by atomic mass is 10.2. The molecular weight excluding hydrogens is 468 g/mol. The summed E-state index contributed by atoms with van der Waals surface area (Å²) in [6.45, 7) is 0. The largest absolute Gasteiger partial charge is 0.497 e. The number of ether oxygens (including phenoxy) is 2. The summed E-state index contributed by atoms with van der Waals surface area (Å²) < 4.78 is 37.8. The van der Waals surface area contributed by atoms with Gasteiger partial charge >= 0.3 is 5.97 Å². The predicted molar refractivity (Wildman–Crippen MR) is 131 cm³/mol. The normalized spacial score (nSPS) is 11.5. The van der Waals surface area contributed by atoms with Gasteiger partial charge in [-0.3, -0.25) is 9.59 Å². The van der Waals surface area contributed by atoms with E-state index in [1.54, 1.807) is 36.4 Å². The average Bonchev–Trinajstić information content (AvgIpc) is 2.88. The summed E-state index contributed by atoms with van der Waals surface area (Å²) in [5, 5.41) is 2.70. The number of esters is 1. The molecule has 1 atom stereocenters. The van der Waals surface area contributed by atoms with Crippen molar-refractivity contribution in [2.45, 2.75) is 17.4 Å². The molecule has 0 aliphatic heterocycles. The molecule has 8 nitrogen and oxygen atoms in total. The van der Waals surface area contributed by atoms with Gasteiger partial charge in [0.25, 0.3) is 5.91 Å². The van der Waals surface area contributed by atoms with Crippen molar-refractivity contribution in [1.29, 1.82) is 0 Å². The molecule has 1 unspecified atom stereocenters. The van der Waals surface area contributed by atoms with Crippen LogP contribution in [0.25, 0.3) is 0 Å². The first-order valence-electron chi connectivity index (χ1n) is 10.5. The molecular formula is C26H24N2O6S. The van der Waals surface area contributed by atoms with E-state index in [0.717, 1.165) is 5.56 Å². The van der Waals surface area contributed by atoms with Crippen molar-refractivity contribution < 1.29 is 27.5 Å². The van der Waals surface area contributed by atoms with E-state index in [-0.39, 0.29) is 17.2 Å². The fraction of sp³-hybridized carbons (Fsp3) is 0.154. The molecule has 0 bridgehead atoms. The highest BCUT2D eigenvalue weighted by molar-refractivity contribution is 7.89.